The van der Waals surface area contributed by atoms with Gasteiger partial charge in [-0.25, -0.2) is 0 Å². The average Bonchev–Trinajstić information content (AvgIpc) is 3.67. The number of hydrogen-bond acceptors (Lipinski definition) is 1. The van der Waals surface area contributed by atoms with Crippen molar-refractivity contribution in [2.24, 2.45) is 0 Å². The first kappa shape index (κ1) is 17.6. The highest BCUT2D eigenvalue weighted by atomic mass is 16.3. The van der Waals surface area contributed by atoms with E-state index in [-0.39, 0.29) is 32.7 Å². The van der Waals surface area contributed by atoms with Crippen molar-refractivity contribution in [3.63, 3.8) is 0 Å². The zero-order chi connectivity index (χ0) is 43.6. The standard InChI is InChI=1S/C48H30O/c1-2-14-32(15-3-1)46-39-20-6-8-22-41(39)47(42-23-9-7-21-40(42)46)35-18-10-17-33(29-35)34-27-28-38-44-26-12-25-43(48(44)49-45(38)30-34)37-24-11-16-31-13-4-5-19-36(31)37/h1-30H/i1D,2D,3D,6D,7D,8D,9D,14D,15D,20D,21D,22D,23D. The van der Waals surface area contributed by atoms with Crippen molar-refractivity contribution in [2.45, 2.75) is 0 Å². The second-order valence-electron chi connectivity index (χ2n) is 11.9. The third kappa shape index (κ3) is 4.40. The lowest BCUT2D eigenvalue weighted by molar-refractivity contribution is 0.670. The van der Waals surface area contributed by atoms with Gasteiger partial charge in [-0.1, -0.05) is 163 Å². The lowest BCUT2D eigenvalue weighted by Gasteiger charge is -2.18. The highest BCUT2D eigenvalue weighted by Crippen LogP contribution is 2.45. The lowest BCUT2D eigenvalue weighted by Crippen LogP contribution is -1.91. The van der Waals surface area contributed by atoms with E-state index in [2.05, 4.69) is 24.3 Å². The molecule has 0 aliphatic heterocycles. The van der Waals surface area contributed by atoms with Gasteiger partial charge in [-0.15, -0.1) is 0 Å². The topological polar surface area (TPSA) is 13.1 Å². The summed E-state index contributed by atoms with van der Waals surface area (Å²) >= 11 is 0. The predicted molar refractivity (Wildman–Crippen MR) is 208 cm³/mol. The molecule has 1 aromatic heterocycles. The van der Waals surface area contributed by atoms with E-state index in [0.717, 1.165) is 43.8 Å². The maximum atomic E-state index is 9.29. The van der Waals surface area contributed by atoms with Gasteiger partial charge in [0, 0.05) is 16.3 Å². The monoisotopic (exact) mass is 635 g/mol. The van der Waals surface area contributed by atoms with Gasteiger partial charge in [-0.2, -0.15) is 0 Å². The van der Waals surface area contributed by atoms with Crippen molar-refractivity contribution in [3.05, 3.63) is 182 Å². The smallest absolute Gasteiger partial charge is 0.143 e. The van der Waals surface area contributed by atoms with E-state index in [1.54, 1.807) is 18.2 Å². The van der Waals surface area contributed by atoms with Gasteiger partial charge in [0.25, 0.3) is 0 Å². The third-order valence-electron chi connectivity index (χ3n) is 9.19. The van der Waals surface area contributed by atoms with Crippen LogP contribution in [0.1, 0.15) is 17.8 Å². The predicted octanol–water partition coefficient (Wildman–Crippen LogP) is 13.7. The Morgan fingerprint density at radius 3 is 1.71 bits per heavy atom. The first-order valence-electron chi connectivity index (χ1n) is 22.3. The number of para-hydroxylation sites is 1. The van der Waals surface area contributed by atoms with Crippen molar-refractivity contribution in [3.8, 4) is 44.5 Å². The largest absolute Gasteiger partial charge is 0.455 e. The minimum atomic E-state index is -0.716. The molecule has 0 fully saturated rings. The summed E-state index contributed by atoms with van der Waals surface area (Å²) in [4.78, 5) is 0. The van der Waals surface area contributed by atoms with Gasteiger partial charge in [-0.05, 0) is 89.5 Å². The Balaban J connectivity index is 1.27. The highest BCUT2D eigenvalue weighted by Gasteiger charge is 2.18. The van der Waals surface area contributed by atoms with Crippen LogP contribution in [0.5, 0.6) is 0 Å². The van der Waals surface area contributed by atoms with Crippen LogP contribution in [-0.4, -0.2) is 0 Å². The Labute approximate surface area is 302 Å². The van der Waals surface area contributed by atoms with Crippen molar-refractivity contribution < 1.29 is 22.2 Å². The summed E-state index contributed by atoms with van der Waals surface area (Å²) in [5.41, 5.74) is 4.37. The number of hydrogen-bond donors (Lipinski definition) is 0. The zero-order valence-corrected chi connectivity index (χ0v) is 25.7. The summed E-state index contributed by atoms with van der Waals surface area (Å²) in [5.74, 6) is 0. The average molecular weight is 636 g/mol. The molecule has 0 amide bonds. The number of rotatable bonds is 4. The molecule has 0 unspecified atom stereocenters. The second kappa shape index (κ2) is 11.1. The van der Waals surface area contributed by atoms with Crippen molar-refractivity contribution >= 4 is 54.3 Å². The molecule has 0 atom stereocenters. The van der Waals surface area contributed by atoms with E-state index in [0.29, 0.717) is 16.7 Å². The fourth-order valence-corrected chi connectivity index (χ4v) is 7.04. The van der Waals surface area contributed by atoms with Crippen LogP contribution in [0.2, 0.25) is 0 Å². The SMILES string of the molecule is [2H]c1c([2H])c([2H])c(-c2c3c([2H])c([2H])c([2H])c([2H])c3c(-c3cccc(-c4ccc5c(c4)oc4c(-c6cccc7ccccc67)cccc45)c3)c3c([2H])c([2H])c([2H])c([2H])c23)c([2H])c1[2H]. The number of furan rings is 1. The Kier molecular flexibility index (Phi) is 3.99. The summed E-state index contributed by atoms with van der Waals surface area (Å²) in [5, 5.41) is 3.26. The molecule has 1 nitrogen and oxygen atoms in total. The minimum Gasteiger partial charge on any atom is -0.455 e. The number of benzene rings is 9. The highest BCUT2D eigenvalue weighted by molar-refractivity contribution is 6.21. The van der Waals surface area contributed by atoms with Crippen LogP contribution in [0.3, 0.4) is 0 Å². The first-order chi connectivity index (χ1) is 29.7. The lowest BCUT2D eigenvalue weighted by atomic mass is 9.85. The molecule has 9 aromatic carbocycles. The van der Waals surface area contributed by atoms with Crippen LogP contribution < -0.4 is 0 Å². The van der Waals surface area contributed by atoms with Crippen LogP contribution >= 0.6 is 0 Å². The first-order valence-corrected chi connectivity index (χ1v) is 15.8. The van der Waals surface area contributed by atoms with Crippen LogP contribution in [0, 0.1) is 0 Å². The van der Waals surface area contributed by atoms with E-state index in [9.17, 15) is 5.48 Å². The van der Waals surface area contributed by atoms with Crippen LogP contribution in [-0.2, 0) is 0 Å². The second-order valence-corrected chi connectivity index (χ2v) is 11.9. The number of fused-ring (bicyclic) bond motifs is 6. The van der Waals surface area contributed by atoms with Gasteiger partial charge in [0.2, 0.25) is 0 Å². The molecule has 0 N–H and O–H groups in total. The van der Waals surface area contributed by atoms with Gasteiger partial charge < -0.3 is 4.42 Å². The molecule has 0 aliphatic rings. The minimum absolute atomic E-state index is 0.0662. The molecule has 10 rings (SSSR count). The molecule has 0 bridgehead atoms. The summed E-state index contributed by atoms with van der Waals surface area (Å²) in [6.45, 7) is 0. The third-order valence-corrected chi connectivity index (χ3v) is 9.19. The fourth-order valence-electron chi connectivity index (χ4n) is 7.04. The van der Waals surface area contributed by atoms with Crippen LogP contribution in [0.25, 0.3) is 98.8 Å². The molecule has 0 aliphatic carbocycles. The van der Waals surface area contributed by atoms with Crippen molar-refractivity contribution in [2.75, 3.05) is 0 Å². The van der Waals surface area contributed by atoms with Crippen molar-refractivity contribution in [1.29, 1.82) is 0 Å². The van der Waals surface area contributed by atoms with E-state index in [4.69, 9.17) is 16.8 Å². The summed E-state index contributed by atoms with van der Waals surface area (Å²) in [6, 6.07) is 24.9. The van der Waals surface area contributed by atoms with Gasteiger partial charge in [-0.3, -0.25) is 0 Å². The van der Waals surface area contributed by atoms with E-state index in [1.165, 1.54) is 0 Å². The molecule has 49 heavy (non-hydrogen) atoms. The maximum Gasteiger partial charge on any atom is 0.143 e. The summed E-state index contributed by atoms with van der Waals surface area (Å²) in [7, 11) is 0. The Bertz CT molecular complexity index is 3510. The van der Waals surface area contributed by atoms with Gasteiger partial charge in [0.15, 0.2) is 0 Å². The van der Waals surface area contributed by atoms with E-state index >= 15 is 0 Å². The zero-order valence-electron chi connectivity index (χ0n) is 38.7. The molecule has 1 heterocycles. The normalized spacial score (nSPS) is 15.4. The molecule has 0 saturated heterocycles. The van der Waals surface area contributed by atoms with Gasteiger partial charge >= 0.3 is 0 Å². The molecule has 228 valence electrons. The Hall–Kier alpha value is -6.44. The fraction of sp³-hybridized carbons (Fsp3) is 0. The molecule has 1 heteroatoms. The maximum absolute atomic E-state index is 9.29. The Morgan fingerprint density at radius 1 is 0.367 bits per heavy atom. The van der Waals surface area contributed by atoms with Crippen LogP contribution in [0.15, 0.2) is 186 Å². The van der Waals surface area contributed by atoms with Gasteiger partial charge in [0.05, 0.1) is 17.8 Å². The molecular weight excluding hydrogens is 593 g/mol. The molecule has 0 saturated carbocycles. The Morgan fingerprint density at radius 2 is 0.939 bits per heavy atom. The molecular formula is C48H30O. The quantitative estimate of drug-likeness (QED) is 0.175. The van der Waals surface area contributed by atoms with E-state index < -0.39 is 84.1 Å². The summed E-state index contributed by atoms with van der Waals surface area (Å²) in [6.07, 6.45) is 0. The van der Waals surface area contributed by atoms with Crippen LogP contribution in [0.4, 0.5) is 0 Å². The molecule has 0 spiro atoms. The summed E-state index contributed by atoms with van der Waals surface area (Å²) < 4.78 is 122. The van der Waals surface area contributed by atoms with E-state index in [1.807, 2.05) is 60.7 Å². The molecule has 0 radical (unpaired) electrons. The molecule has 10 aromatic rings. The van der Waals surface area contributed by atoms with Crippen molar-refractivity contribution in [1.82, 2.24) is 0 Å². The van der Waals surface area contributed by atoms with Gasteiger partial charge in [0.1, 0.15) is 11.2 Å².